The van der Waals surface area contributed by atoms with Crippen molar-refractivity contribution in [1.29, 1.82) is 0 Å². The number of nitrogen functional groups attached to an aromatic ring is 1. The number of nitrogens with zero attached hydrogens (tertiary/aromatic N) is 1. The second-order valence-corrected chi connectivity index (χ2v) is 5.96. The van der Waals surface area contributed by atoms with E-state index in [0.717, 1.165) is 35.2 Å². The number of nitrogens with two attached hydrogens (primary N) is 1. The predicted octanol–water partition coefficient (Wildman–Crippen LogP) is 3.03. The summed E-state index contributed by atoms with van der Waals surface area (Å²) in [6, 6.07) is 7.91. The van der Waals surface area contributed by atoms with Gasteiger partial charge >= 0.3 is 0 Å². The Hall–Kier alpha value is -1.81. The van der Waals surface area contributed by atoms with E-state index in [4.69, 9.17) is 5.73 Å². The molecule has 1 aromatic heterocycles. The first kappa shape index (κ1) is 14.1. The summed E-state index contributed by atoms with van der Waals surface area (Å²) in [6.45, 7) is 1.17. The Morgan fingerprint density at radius 2 is 2.00 bits per heavy atom. The highest BCUT2D eigenvalue weighted by atomic mass is 16.3. The van der Waals surface area contributed by atoms with Crippen molar-refractivity contribution in [2.45, 2.75) is 25.7 Å². The molecule has 4 nitrogen and oxygen atoms in total. The molecular weight excluding hydrogens is 262 g/mol. The Morgan fingerprint density at radius 1 is 1.19 bits per heavy atom. The van der Waals surface area contributed by atoms with E-state index >= 15 is 0 Å². The summed E-state index contributed by atoms with van der Waals surface area (Å²) in [4.78, 5) is 4.32. The molecule has 0 aliphatic heterocycles. The molecule has 2 unspecified atom stereocenters. The van der Waals surface area contributed by atoms with Gasteiger partial charge < -0.3 is 16.2 Å². The number of hydrogen-bond acceptors (Lipinski definition) is 4. The molecule has 1 saturated carbocycles. The fourth-order valence-corrected chi connectivity index (χ4v) is 3.36. The van der Waals surface area contributed by atoms with E-state index in [-0.39, 0.29) is 0 Å². The van der Waals surface area contributed by atoms with Crippen molar-refractivity contribution in [2.24, 2.45) is 11.8 Å². The number of aromatic nitrogens is 1. The van der Waals surface area contributed by atoms with Crippen LogP contribution in [0.3, 0.4) is 0 Å². The van der Waals surface area contributed by atoms with E-state index in [1.807, 2.05) is 24.3 Å². The third-order valence-electron chi connectivity index (χ3n) is 4.68. The smallest absolute Gasteiger partial charge is 0.0724 e. The fourth-order valence-electron chi connectivity index (χ4n) is 3.36. The SMILES string of the molecule is Nc1c(NCC2CCCCC2CO)ccc2ncccc12. The Kier molecular flexibility index (Phi) is 4.25. The number of aliphatic hydroxyl groups excluding tert-OH is 1. The first-order chi connectivity index (χ1) is 10.3. The lowest BCUT2D eigenvalue weighted by Gasteiger charge is -2.30. The summed E-state index contributed by atoms with van der Waals surface area (Å²) in [7, 11) is 0. The molecule has 1 heterocycles. The summed E-state index contributed by atoms with van der Waals surface area (Å²) >= 11 is 0. The van der Waals surface area contributed by atoms with Crippen molar-refractivity contribution >= 4 is 22.3 Å². The van der Waals surface area contributed by atoms with Crippen LogP contribution >= 0.6 is 0 Å². The molecule has 112 valence electrons. The molecule has 0 radical (unpaired) electrons. The van der Waals surface area contributed by atoms with Crippen LogP contribution in [0.25, 0.3) is 10.9 Å². The van der Waals surface area contributed by atoms with Crippen molar-refractivity contribution in [3.8, 4) is 0 Å². The molecule has 1 aromatic carbocycles. The normalized spacial score (nSPS) is 22.3. The summed E-state index contributed by atoms with van der Waals surface area (Å²) in [5.41, 5.74) is 8.90. The average molecular weight is 285 g/mol. The van der Waals surface area contributed by atoms with Gasteiger partial charge in [0.1, 0.15) is 0 Å². The van der Waals surface area contributed by atoms with Crippen molar-refractivity contribution in [2.75, 3.05) is 24.2 Å². The van der Waals surface area contributed by atoms with Crippen LogP contribution in [0.4, 0.5) is 11.4 Å². The van der Waals surface area contributed by atoms with Crippen LogP contribution in [0, 0.1) is 11.8 Å². The molecule has 4 heteroatoms. The van der Waals surface area contributed by atoms with Crippen molar-refractivity contribution in [1.82, 2.24) is 4.98 Å². The van der Waals surface area contributed by atoms with Crippen molar-refractivity contribution in [3.05, 3.63) is 30.5 Å². The molecule has 4 N–H and O–H groups in total. The Bertz CT molecular complexity index is 614. The van der Waals surface area contributed by atoms with Crippen LogP contribution in [-0.2, 0) is 0 Å². The minimum atomic E-state index is 0.295. The standard InChI is InChI=1S/C17H23N3O/c18-17-14-6-3-9-19-15(14)7-8-16(17)20-10-12-4-1-2-5-13(12)11-21/h3,6-9,12-13,20-21H,1-2,4-5,10-11,18H2. The highest BCUT2D eigenvalue weighted by Crippen LogP contribution is 2.32. The lowest BCUT2D eigenvalue weighted by Crippen LogP contribution is -2.28. The van der Waals surface area contributed by atoms with Gasteiger partial charge in [-0.1, -0.05) is 12.8 Å². The second kappa shape index (κ2) is 6.31. The zero-order valence-corrected chi connectivity index (χ0v) is 12.3. The second-order valence-electron chi connectivity index (χ2n) is 5.96. The number of anilines is 2. The van der Waals surface area contributed by atoms with E-state index < -0.39 is 0 Å². The maximum absolute atomic E-state index is 9.49. The molecule has 1 aliphatic rings. The predicted molar refractivity (Wildman–Crippen MR) is 87.2 cm³/mol. The average Bonchev–Trinajstić information content (AvgIpc) is 2.55. The lowest BCUT2D eigenvalue weighted by atomic mass is 9.79. The summed E-state index contributed by atoms with van der Waals surface area (Å²) in [5, 5.41) is 14.0. The van der Waals surface area contributed by atoms with E-state index in [1.54, 1.807) is 6.20 Å². The Morgan fingerprint density at radius 3 is 2.81 bits per heavy atom. The van der Waals surface area contributed by atoms with Crippen LogP contribution in [0.15, 0.2) is 30.5 Å². The van der Waals surface area contributed by atoms with Crippen LogP contribution < -0.4 is 11.1 Å². The van der Waals surface area contributed by atoms with Crippen molar-refractivity contribution < 1.29 is 5.11 Å². The summed E-state index contributed by atoms with van der Waals surface area (Å²) in [5.74, 6) is 0.961. The highest BCUT2D eigenvalue weighted by molar-refractivity contribution is 5.96. The van der Waals surface area contributed by atoms with Gasteiger partial charge in [-0.15, -0.1) is 0 Å². The first-order valence-corrected chi connectivity index (χ1v) is 7.77. The largest absolute Gasteiger partial charge is 0.397 e. The fraction of sp³-hybridized carbons (Fsp3) is 0.471. The van der Waals surface area contributed by atoms with Gasteiger partial charge in [0.05, 0.1) is 16.9 Å². The Labute approximate surface area is 125 Å². The maximum Gasteiger partial charge on any atom is 0.0724 e. The Balaban J connectivity index is 1.74. The minimum absolute atomic E-state index is 0.295. The summed E-state index contributed by atoms with van der Waals surface area (Å²) in [6.07, 6.45) is 6.61. The molecule has 1 aliphatic carbocycles. The molecule has 0 saturated heterocycles. The minimum Gasteiger partial charge on any atom is -0.397 e. The molecule has 0 amide bonds. The maximum atomic E-state index is 9.49. The van der Waals surface area contributed by atoms with Gasteiger partial charge in [-0.2, -0.15) is 0 Å². The number of hydrogen-bond donors (Lipinski definition) is 3. The molecule has 21 heavy (non-hydrogen) atoms. The monoisotopic (exact) mass is 285 g/mol. The highest BCUT2D eigenvalue weighted by Gasteiger charge is 2.24. The van der Waals surface area contributed by atoms with Crippen LogP contribution in [0.2, 0.25) is 0 Å². The number of fused-ring (bicyclic) bond motifs is 1. The zero-order chi connectivity index (χ0) is 14.7. The number of rotatable bonds is 4. The van der Waals surface area contributed by atoms with Gasteiger partial charge in [0, 0.05) is 24.7 Å². The molecule has 1 fully saturated rings. The van der Waals surface area contributed by atoms with Crippen LogP contribution in [-0.4, -0.2) is 23.2 Å². The number of benzene rings is 1. The third-order valence-corrected chi connectivity index (χ3v) is 4.68. The quantitative estimate of drug-likeness (QED) is 0.755. The van der Waals surface area contributed by atoms with E-state index in [9.17, 15) is 5.11 Å². The molecule has 3 rings (SSSR count). The van der Waals surface area contributed by atoms with Gasteiger partial charge in [0.15, 0.2) is 0 Å². The van der Waals surface area contributed by atoms with Gasteiger partial charge in [0.25, 0.3) is 0 Å². The lowest BCUT2D eigenvalue weighted by molar-refractivity contribution is 0.141. The molecular formula is C17H23N3O. The molecule has 2 aromatic rings. The third kappa shape index (κ3) is 2.95. The van der Waals surface area contributed by atoms with Gasteiger partial charge in [-0.25, -0.2) is 0 Å². The first-order valence-electron chi connectivity index (χ1n) is 7.77. The van der Waals surface area contributed by atoms with Crippen molar-refractivity contribution in [3.63, 3.8) is 0 Å². The van der Waals surface area contributed by atoms with Crippen LogP contribution in [0.1, 0.15) is 25.7 Å². The van der Waals surface area contributed by atoms with E-state index in [2.05, 4.69) is 10.3 Å². The summed E-state index contributed by atoms with van der Waals surface area (Å²) < 4.78 is 0. The van der Waals surface area contributed by atoms with Gasteiger partial charge in [0.2, 0.25) is 0 Å². The zero-order valence-electron chi connectivity index (χ0n) is 12.3. The number of nitrogens with one attached hydrogen (secondary N) is 1. The van der Waals surface area contributed by atoms with E-state index in [0.29, 0.717) is 18.4 Å². The molecule has 2 atom stereocenters. The van der Waals surface area contributed by atoms with Gasteiger partial charge in [-0.3, -0.25) is 4.98 Å². The molecule has 0 bridgehead atoms. The van der Waals surface area contributed by atoms with Gasteiger partial charge in [-0.05, 0) is 48.9 Å². The topological polar surface area (TPSA) is 71.2 Å². The number of pyridine rings is 1. The molecule has 0 spiro atoms. The number of aliphatic hydroxyl groups is 1. The van der Waals surface area contributed by atoms with Crippen LogP contribution in [0.5, 0.6) is 0 Å². The van der Waals surface area contributed by atoms with E-state index in [1.165, 1.54) is 19.3 Å².